The first-order valence-corrected chi connectivity index (χ1v) is 7.27. The summed E-state index contributed by atoms with van der Waals surface area (Å²) in [5, 5.41) is 3.31. The van der Waals surface area contributed by atoms with Gasteiger partial charge in [-0.15, -0.1) is 11.3 Å². The number of benzene rings is 2. The summed E-state index contributed by atoms with van der Waals surface area (Å²) in [6.45, 7) is 2.64. The predicted octanol–water partition coefficient (Wildman–Crippen LogP) is 4.02. The first kappa shape index (κ1) is 12.7. The minimum Gasteiger partial charge on any atom is -0.494 e. The van der Waals surface area contributed by atoms with Crippen LogP contribution < -0.4 is 15.8 Å². The van der Waals surface area contributed by atoms with E-state index >= 15 is 0 Å². The van der Waals surface area contributed by atoms with Crippen LogP contribution in [0.1, 0.15) is 6.92 Å². The Bertz CT molecular complexity index is 722. The van der Waals surface area contributed by atoms with Crippen LogP contribution in [0.15, 0.2) is 41.9 Å². The van der Waals surface area contributed by atoms with E-state index in [1.165, 1.54) is 0 Å². The second kappa shape index (κ2) is 5.38. The number of nitrogens with zero attached hydrogens (tertiary/aromatic N) is 1. The molecule has 0 unspecified atom stereocenters. The molecule has 3 rings (SSSR count). The van der Waals surface area contributed by atoms with Gasteiger partial charge in [0.05, 0.1) is 28.2 Å². The van der Waals surface area contributed by atoms with Crippen molar-refractivity contribution in [2.24, 2.45) is 0 Å². The lowest BCUT2D eigenvalue weighted by atomic mass is 10.2. The number of hydrogen-bond acceptors (Lipinski definition) is 5. The second-order valence-electron chi connectivity index (χ2n) is 4.31. The smallest absolute Gasteiger partial charge is 0.119 e. The standard InChI is InChI=1S/C15H15N3OS/c1-2-19-11-5-3-10(4-6-11)18-12-7-8-13-15(14(12)16)17-9-20-13/h3-9,18H,2,16H2,1H3. The van der Waals surface area contributed by atoms with Crippen LogP contribution in [0.5, 0.6) is 5.75 Å². The average molecular weight is 285 g/mol. The van der Waals surface area contributed by atoms with Crippen LogP contribution in [0.2, 0.25) is 0 Å². The molecule has 1 heterocycles. The van der Waals surface area contributed by atoms with E-state index in [1.54, 1.807) is 11.3 Å². The van der Waals surface area contributed by atoms with E-state index in [4.69, 9.17) is 10.5 Å². The summed E-state index contributed by atoms with van der Waals surface area (Å²) in [7, 11) is 0. The molecule has 1 aromatic heterocycles. The second-order valence-corrected chi connectivity index (χ2v) is 5.19. The maximum Gasteiger partial charge on any atom is 0.119 e. The molecule has 5 heteroatoms. The van der Waals surface area contributed by atoms with Crippen molar-refractivity contribution in [2.45, 2.75) is 6.92 Å². The van der Waals surface area contributed by atoms with Crippen LogP contribution in [0.25, 0.3) is 10.2 Å². The van der Waals surface area contributed by atoms with Gasteiger partial charge in [-0.25, -0.2) is 4.98 Å². The summed E-state index contributed by atoms with van der Waals surface area (Å²) in [5.74, 6) is 0.862. The van der Waals surface area contributed by atoms with Crippen molar-refractivity contribution in [1.29, 1.82) is 0 Å². The molecule has 102 valence electrons. The molecule has 0 fully saturated rings. The van der Waals surface area contributed by atoms with Crippen molar-refractivity contribution < 1.29 is 4.74 Å². The van der Waals surface area contributed by atoms with Gasteiger partial charge in [-0.1, -0.05) is 0 Å². The summed E-state index contributed by atoms with van der Waals surface area (Å²) >= 11 is 1.59. The third-order valence-electron chi connectivity index (χ3n) is 2.99. The molecule has 0 aliphatic carbocycles. The van der Waals surface area contributed by atoms with E-state index in [9.17, 15) is 0 Å². The molecule has 0 spiro atoms. The van der Waals surface area contributed by atoms with Crippen molar-refractivity contribution in [3.63, 3.8) is 0 Å². The number of hydrogen-bond donors (Lipinski definition) is 2. The van der Waals surface area contributed by atoms with Gasteiger partial charge in [0.2, 0.25) is 0 Å². The van der Waals surface area contributed by atoms with Crippen LogP contribution in [-0.2, 0) is 0 Å². The highest BCUT2D eigenvalue weighted by Crippen LogP contribution is 2.32. The van der Waals surface area contributed by atoms with Crippen LogP contribution in [-0.4, -0.2) is 11.6 Å². The van der Waals surface area contributed by atoms with Crippen LogP contribution in [0, 0.1) is 0 Å². The molecule has 2 aromatic carbocycles. The highest BCUT2D eigenvalue weighted by atomic mass is 32.1. The van der Waals surface area contributed by atoms with Crippen molar-refractivity contribution >= 4 is 38.6 Å². The molecule has 0 atom stereocenters. The molecule has 0 bridgehead atoms. The molecule has 0 aliphatic heterocycles. The maximum atomic E-state index is 6.15. The lowest BCUT2D eigenvalue weighted by molar-refractivity contribution is 0.340. The zero-order chi connectivity index (χ0) is 13.9. The van der Waals surface area contributed by atoms with Gasteiger partial charge in [0, 0.05) is 5.69 Å². The lowest BCUT2D eigenvalue weighted by Gasteiger charge is -2.10. The van der Waals surface area contributed by atoms with Crippen molar-refractivity contribution in [3.05, 3.63) is 41.9 Å². The lowest BCUT2D eigenvalue weighted by Crippen LogP contribution is -1.97. The van der Waals surface area contributed by atoms with E-state index in [1.807, 2.05) is 48.8 Å². The highest BCUT2D eigenvalue weighted by molar-refractivity contribution is 7.16. The molecule has 3 aromatic rings. The number of ether oxygens (including phenoxy) is 1. The van der Waals surface area contributed by atoms with E-state index in [0.29, 0.717) is 12.3 Å². The largest absolute Gasteiger partial charge is 0.494 e. The van der Waals surface area contributed by atoms with Crippen LogP contribution >= 0.6 is 11.3 Å². The Kier molecular flexibility index (Phi) is 3.43. The summed E-state index contributed by atoms with van der Waals surface area (Å²) in [5.41, 5.74) is 11.3. The van der Waals surface area contributed by atoms with Gasteiger partial charge in [0.15, 0.2) is 0 Å². The fraction of sp³-hybridized carbons (Fsp3) is 0.133. The third-order valence-corrected chi connectivity index (χ3v) is 3.78. The Morgan fingerprint density at radius 3 is 2.75 bits per heavy atom. The Morgan fingerprint density at radius 1 is 1.20 bits per heavy atom. The van der Waals surface area contributed by atoms with E-state index in [2.05, 4.69) is 10.3 Å². The number of nitrogens with one attached hydrogen (secondary N) is 1. The van der Waals surface area contributed by atoms with E-state index in [0.717, 1.165) is 27.3 Å². The number of nitrogens with two attached hydrogens (primary N) is 1. The molecule has 4 nitrogen and oxygen atoms in total. The number of rotatable bonds is 4. The van der Waals surface area contributed by atoms with Crippen molar-refractivity contribution in [3.8, 4) is 5.75 Å². The number of nitrogen functional groups attached to an aromatic ring is 1. The SMILES string of the molecule is CCOc1ccc(Nc2ccc3scnc3c2N)cc1. The van der Waals surface area contributed by atoms with E-state index < -0.39 is 0 Å². The van der Waals surface area contributed by atoms with Crippen LogP contribution in [0.4, 0.5) is 17.1 Å². The Morgan fingerprint density at radius 2 is 2.00 bits per heavy atom. The first-order chi connectivity index (χ1) is 9.78. The predicted molar refractivity (Wildman–Crippen MR) is 84.9 cm³/mol. The minimum absolute atomic E-state index is 0.667. The molecule has 20 heavy (non-hydrogen) atoms. The third kappa shape index (κ3) is 2.40. The number of aromatic nitrogens is 1. The summed E-state index contributed by atoms with van der Waals surface area (Å²) in [4.78, 5) is 4.29. The van der Waals surface area contributed by atoms with Gasteiger partial charge in [-0.05, 0) is 43.3 Å². The van der Waals surface area contributed by atoms with Gasteiger partial charge in [-0.2, -0.15) is 0 Å². The van der Waals surface area contributed by atoms with Gasteiger partial charge in [-0.3, -0.25) is 0 Å². The fourth-order valence-electron chi connectivity index (χ4n) is 2.02. The van der Waals surface area contributed by atoms with Gasteiger partial charge in [0.1, 0.15) is 11.3 Å². The zero-order valence-corrected chi connectivity index (χ0v) is 11.9. The quantitative estimate of drug-likeness (QED) is 0.711. The summed E-state index contributed by atoms with van der Waals surface area (Å²) in [6, 6.07) is 11.8. The van der Waals surface area contributed by atoms with Gasteiger partial charge < -0.3 is 15.8 Å². The maximum absolute atomic E-state index is 6.15. The zero-order valence-electron chi connectivity index (χ0n) is 11.1. The van der Waals surface area contributed by atoms with Crippen molar-refractivity contribution in [1.82, 2.24) is 4.98 Å². The molecular formula is C15H15N3OS. The van der Waals surface area contributed by atoms with Gasteiger partial charge in [0.25, 0.3) is 0 Å². The molecule has 3 N–H and O–H groups in total. The molecule has 0 saturated carbocycles. The Balaban J connectivity index is 1.86. The molecule has 0 aliphatic rings. The number of fused-ring (bicyclic) bond motifs is 1. The number of thiazole rings is 1. The monoisotopic (exact) mass is 285 g/mol. The summed E-state index contributed by atoms with van der Waals surface area (Å²) < 4.78 is 6.52. The minimum atomic E-state index is 0.667. The first-order valence-electron chi connectivity index (χ1n) is 6.39. The molecule has 0 saturated heterocycles. The Hall–Kier alpha value is -2.27. The number of anilines is 3. The highest BCUT2D eigenvalue weighted by Gasteiger charge is 2.07. The molecule has 0 radical (unpaired) electrons. The Labute approximate surface area is 121 Å². The van der Waals surface area contributed by atoms with Gasteiger partial charge >= 0.3 is 0 Å². The average Bonchev–Trinajstić information content (AvgIpc) is 2.94. The molecule has 0 amide bonds. The fourth-order valence-corrected chi connectivity index (χ4v) is 2.71. The van der Waals surface area contributed by atoms with Crippen LogP contribution in [0.3, 0.4) is 0 Å². The summed E-state index contributed by atoms with van der Waals surface area (Å²) in [6.07, 6.45) is 0. The molecular weight excluding hydrogens is 270 g/mol. The normalized spacial score (nSPS) is 10.7. The topological polar surface area (TPSA) is 60.2 Å². The van der Waals surface area contributed by atoms with E-state index in [-0.39, 0.29) is 0 Å². The van der Waals surface area contributed by atoms with Crippen molar-refractivity contribution in [2.75, 3.05) is 17.7 Å².